The molecule has 0 fully saturated rings. The van der Waals surface area contributed by atoms with E-state index in [1.165, 1.54) is 0 Å². The van der Waals surface area contributed by atoms with Crippen molar-refractivity contribution in [1.82, 2.24) is 0 Å². The first-order valence-electron chi connectivity index (χ1n) is 6.87. The molecule has 2 N–H and O–H groups in total. The Labute approximate surface area is 132 Å². The molecule has 0 aromatic heterocycles. The quantitative estimate of drug-likeness (QED) is 0.853. The highest BCUT2D eigenvalue weighted by Gasteiger charge is 2.47. The van der Waals surface area contributed by atoms with Gasteiger partial charge in [-0.15, -0.1) is 0 Å². The van der Waals surface area contributed by atoms with Crippen molar-refractivity contribution < 1.29 is 14.7 Å². The van der Waals surface area contributed by atoms with Gasteiger partial charge in [0.05, 0.1) is 6.61 Å². The number of halogens is 1. The number of ketones is 1. The summed E-state index contributed by atoms with van der Waals surface area (Å²) in [6.07, 6.45) is -0.0893. The molecule has 0 saturated heterocycles. The third-order valence-corrected chi connectivity index (χ3v) is 4.28. The van der Waals surface area contributed by atoms with E-state index >= 15 is 0 Å². The molecule has 0 saturated carbocycles. The monoisotopic (exact) mass is 315 g/mol. The summed E-state index contributed by atoms with van der Waals surface area (Å²) < 4.78 is 0. The molecule has 1 atom stereocenters. The number of benzene rings is 2. The number of fused-ring (bicyclic) bond motifs is 1. The van der Waals surface area contributed by atoms with Crippen LogP contribution in [0.5, 0.6) is 0 Å². The summed E-state index contributed by atoms with van der Waals surface area (Å²) in [6, 6.07) is 13.6. The number of aliphatic hydroxyl groups is 1. The van der Waals surface area contributed by atoms with E-state index in [2.05, 4.69) is 5.32 Å². The number of aliphatic hydroxyl groups excluding tert-OH is 1. The topological polar surface area (TPSA) is 66.4 Å². The van der Waals surface area contributed by atoms with Crippen molar-refractivity contribution in [1.29, 1.82) is 0 Å². The number of anilines is 1. The van der Waals surface area contributed by atoms with Gasteiger partial charge in [-0.3, -0.25) is 9.59 Å². The third kappa shape index (κ3) is 2.30. The molecule has 112 valence electrons. The Kier molecular flexibility index (Phi) is 3.72. The zero-order chi connectivity index (χ0) is 15.7. The van der Waals surface area contributed by atoms with E-state index in [0.717, 1.165) is 0 Å². The molecule has 4 nitrogen and oxygen atoms in total. The number of amides is 1. The van der Waals surface area contributed by atoms with Crippen LogP contribution in [0.15, 0.2) is 48.5 Å². The van der Waals surface area contributed by atoms with Crippen LogP contribution in [0.2, 0.25) is 5.02 Å². The number of hydrogen-bond donors (Lipinski definition) is 2. The number of hydrogen-bond acceptors (Lipinski definition) is 3. The van der Waals surface area contributed by atoms with Crippen molar-refractivity contribution in [3.05, 3.63) is 64.7 Å². The SMILES string of the molecule is O=C(CC1(CO)C(=O)Nc2ccccc21)c1ccc(Cl)cc1. The first kappa shape index (κ1) is 14.8. The van der Waals surface area contributed by atoms with Gasteiger partial charge in [0, 0.05) is 22.7 Å². The maximum absolute atomic E-state index is 12.5. The summed E-state index contributed by atoms with van der Waals surface area (Å²) in [4.78, 5) is 24.9. The fourth-order valence-corrected chi connectivity index (χ4v) is 2.90. The van der Waals surface area contributed by atoms with Crippen molar-refractivity contribution in [3.8, 4) is 0 Å². The molecule has 1 aliphatic heterocycles. The number of rotatable bonds is 4. The molecule has 0 spiro atoms. The number of Topliss-reactive ketones (excluding diaryl/α,β-unsaturated/α-hetero) is 1. The molecule has 2 aromatic rings. The zero-order valence-corrected chi connectivity index (χ0v) is 12.4. The maximum atomic E-state index is 12.5. The van der Waals surface area contributed by atoms with E-state index in [0.29, 0.717) is 21.8 Å². The minimum atomic E-state index is -1.23. The second-order valence-electron chi connectivity index (χ2n) is 5.35. The molecule has 0 bridgehead atoms. The molecular formula is C17H14ClNO3. The van der Waals surface area contributed by atoms with Crippen molar-refractivity contribution in [2.45, 2.75) is 11.8 Å². The van der Waals surface area contributed by atoms with E-state index in [-0.39, 0.29) is 18.1 Å². The van der Waals surface area contributed by atoms with Gasteiger partial charge in [0.25, 0.3) is 0 Å². The average Bonchev–Trinajstić information content (AvgIpc) is 2.80. The normalized spacial score (nSPS) is 19.6. The Morgan fingerprint density at radius 1 is 1.14 bits per heavy atom. The van der Waals surface area contributed by atoms with Crippen LogP contribution in [0.1, 0.15) is 22.3 Å². The van der Waals surface area contributed by atoms with Gasteiger partial charge in [0.2, 0.25) is 5.91 Å². The average molecular weight is 316 g/mol. The van der Waals surface area contributed by atoms with Gasteiger partial charge < -0.3 is 10.4 Å². The van der Waals surface area contributed by atoms with Crippen LogP contribution in [0.3, 0.4) is 0 Å². The number of para-hydroxylation sites is 1. The Morgan fingerprint density at radius 2 is 1.82 bits per heavy atom. The van der Waals surface area contributed by atoms with E-state index < -0.39 is 12.0 Å². The fourth-order valence-electron chi connectivity index (χ4n) is 2.77. The second-order valence-corrected chi connectivity index (χ2v) is 5.78. The van der Waals surface area contributed by atoms with E-state index in [1.807, 2.05) is 0 Å². The van der Waals surface area contributed by atoms with Crippen molar-refractivity contribution >= 4 is 29.0 Å². The Balaban J connectivity index is 1.96. The predicted octanol–water partition coefficient (Wildman–Crippen LogP) is 2.80. The fraction of sp³-hybridized carbons (Fsp3) is 0.176. The molecule has 22 heavy (non-hydrogen) atoms. The molecule has 5 heteroatoms. The van der Waals surface area contributed by atoms with E-state index in [4.69, 9.17) is 11.6 Å². The molecule has 2 aromatic carbocycles. The first-order chi connectivity index (χ1) is 10.6. The molecule has 0 radical (unpaired) electrons. The largest absolute Gasteiger partial charge is 0.395 e. The van der Waals surface area contributed by atoms with Crippen LogP contribution in [0.25, 0.3) is 0 Å². The van der Waals surface area contributed by atoms with Gasteiger partial charge in [-0.25, -0.2) is 0 Å². The van der Waals surface area contributed by atoms with Crippen LogP contribution < -0.4 is 5.32 Å². The molecule has 1 heterocycles. The molecule has 1 amide bonds. The molecule has 1 aliphatic rings. The van der Waals surface area contributed by atoms with Crippen LogP contribution in [0.4, 0.5) is 5.69 Å². The van der Waals surface area contributed by atoms with Crippen LogP contribution in [-0.2, 0) is 10.2 Å². The Morgan fingerprint density at radius 3 is 2.50 bits per heavy atom. The lowest BCUT2D eigenvalue weighted by molar-refractivity contribution is -0.122. The summed E-state index contributed by atoms with van der Waals surface area (Å²) in [7, 11) is 0. The van der Waals surface area contributed by atoms with Gasteiger partial charge >= 0.3 is 0 Å². The summed E-state index contributed by atoms with van der Waals surface area (Å²) in [6.45, 7) is -0.421. The molecule has 3 rings (SSSR count). The van der Waals surface area contributed by atoms with Gasteiger partial charge in [-0.1, -0.05) is 29.8 Å². The molecule has 1 unspecified atom stereocenters. The first-order valence-corrected chi connectivity index (χ1v) is 7.25. The Hall–Kier alpha value is -2.17. The van der Waals surface area contributed by atoms with Gasteiger partial charge in [0.15, 0.2) is 5.78 Å². The molecular weight excluding hydrogens is 302 g/mol. The van der Waals surface area contributed by atoms with Crippen molar-refractivity contribution in [2.75, 3.05) is 11.9 Å². The van der Waals surface area contributed by atoms with E-state index in [1.54, 1.807) is 48.5 Å². The van der Waals surface area contributed by atoms with Gasteiger partial charge in [-0.2, -0.15) is 0 Å². The second kappa shape index (κ2) is 5.55. The van der Waals surface area contributed by atoms with Gasteiger partial charge in [0.1, 0.15) is 5.41 Å². The van der Waals surface area contributed by atoms with Crippen LogP contribution >= 0.6 is 11.6 Å². The van der Waals surface area contributed by atoms with Crippen molar-refractivity contribution in [2.24, 2.45) is 0 Å². The molecule has 0 aliphatic carbocycles. The lowest BCUT2D eigenvalue weighted by Gasteiger charge is -2.24. The number of carbonyl (C=O) groups is 2. The van der Waals surface area contributed by atoms with Crippen LogP contribution in [0, 0.1) is 0 Å². The van der Waals surface area contributed by atoms with Crippen molar-refractivity contribution in [3.63, 3.8) is 0 Å². The Bertz CT molecular complexity index is 742. The smallest absolute Gasteiger partial charge is 0.237 e. The number of carbonyl (C=O) groups excluding carboxylic acids is 2. The predicted molar refractivity (Wildman–Crippen MR) is 84.2 cm³/mol. The number of nitrogens with one attached hydrogen (secondary N) is 1. The highest BCUT2D eigenvalue weighted by molar-refractivity contribution is 6.30. The minimum absolute atomic E-state index is 0.0893. The summed E-state index contributed by atoms with van der Waals surface area (Å²) >= 11 is 5.82. The third-order valence-electron chi connectivity index (χ3n) is 4.02. The summed E-state index contributed by atoms with van der Waals surface area (Å²) in [5, 5.41) is 13.1. The standard InChI is InChI=1S/C17H14ClNO3/c18-12-7-5-11(6-8-12)15(21)9-17(10-20)13-3-1-2-4-14(13)19-16(17)22/h1-8,20H,9-10H2,(H,19,22). The lowest BCUT2D eigenvalue weighted by Crippen LogP contribution is -2.40. The lowest BCUT2D eigenvalue weighted by atomic mass is 9.77. The van der Waals surface area contributed by atoms with Gasteiger partial charge in [-0.05, 0) is 35.9 Å². The highest BCUT2D eigenvalue weighted by atomic mass is 35.5. The maximum Gasteiger partial charge on any atom is 0.237 e. The minimum Gasteiger partial charge on any atom is -0.395 e. The summed E-state index contributed by atoms with van der Waals surface area (Å²) in [5.41, 5.74) is 0.539. The highest BCUT2D eigenvalue weighted by Crippen LogP contribution is 2.40. The van der Waals surface area contributed by atoms with E-state index in [9.17, 15) is 14.7 Å². The zero-order valence-electron chi connectivity index (χ0n) is 11.7. The summed E-state index contributed by atoms with van der Waals surface area (Å²) in [5.74, 6) is -0.559. The van der Waals surface area contributed by atoms with Crippen LogP contribution in [-0.4, -0.2) is 23.4 Å².